The number of aromatic nitrogens is 2. The van der Waals surface area contributed by atoms with Crippen molar-refractivity contribution < 1.29 is 21.8 Å². The first-order valence-electron chi connectivity index (χ1n) is 8.49. The Kier molecular flexibility index (Phi) is 6.98. The van der Waals surface area contributed by atoms with Crippen molar-refractivity contribution in [1.82, 2.24) is 5.10 Å². The number of halogens is 3. The van der Waals surface area contributed by atoms with Crippen LogP contribution in [0, 0.1) is 0 Å². The number of hydrogen-bond donors (Lipinski definition) is 1. The Morgan fingerprint density at radius 3 is 2.34 bits per heavy atom. The molecule has 0 amide bonds. The van der Waals surface area contributed by atoms with Gasteiger partial charge in [-0.2, -0.15) is 0 Å². The summed E-state index contributed by atoms with van der Waals surface area (Å²) in [6, 6.07) is 23.1. The predicted octanol–water partition coefficient (Wildman–Crippen LogP) is 3.15. The van der Waals surface area contributed by atoms with Crippen LogP contribution in [-0.2, 0) is 0 Å². The third kappa shape index (κ3) is 4.82. The third-order valence-corrected chi connectivity index (χ3v) is 5.59. The number of ether oxygens (including phenoxy) is 1. The molecule has 1 heterocycles. The molecule has 1 N–H and O–H groups in total. The van der Waals surface area contributed by atoms with Crippen LogP contribution in [0.4, 0.5) is 10.8 Å². The zero-order chi connectivity index (χ0) is 19.5. The molecule has 1 aromatic heterocycles. The van der Waals surface area contributed by atoms with Crippen LogP contribution >= 0.6 is 34.5 Å². The van der Waals surface area contributed by atoms with E-state index in [1.54, 1.807) is 13.2 Å². The highest BCUT2D eigenvalue weighted by molar-refractivity contribution is 7.18. The van der Waals surface area contributed by atoms with Gasteiger partial charge in [-0.1, -0.05) is 41.4 Å². The average molecular weight is 465 g/mol. The van der Waals surface area contributed by atoms with E-state index in [0.717, 1.165) is 32.8 Å². The Bertz CT molecular complexity index is 1100. The first-order chi connectivity index (χ1) is 13.6. The molecular formula is C21H16Cl3N3OS. The van der Waals surface area contributed by atoms with E-state index in [1.807, 2.05) is 71.4 Å². The Balaban J connectivity index is 0.00000240. The lowest BCUT2D eigenvalue weighted by Gasteiger charge is -2.02. The third-order valence-electron chi connectivity index (χ3n) is 4.08. The van der Waals surface area contributed by atoms with Crippen molar-refractivity contribution in [3.63, 3.8) is 0 Å². The maximum Gasteiger partial charge on any atom is 0.306 e. The summed E-state index contributed by atoms with van der Waals surface area (Å²) in [6.45, 7) is 0. The Labute approximate surface area is 189 Å². The zero-order valence-electron chi connectivity index (χ0n) is 15.3. The molecule has 0 atom stereocenters. The van der Waals surface area contributed by atoms with E-state index in [2.05, 4.69) is 5.32 Å². The highest BCUT2D eigenvalue weighted by atomic mass is 35.5. The van der Waals surface area contributed by atoms with Gasteiger partial charge in [0.25, 0.3) is 5.13 Å². The van der Waals surface area contributed by atoms with Crippen molar-refractivity contribution in [3.8, 4) is 22.0 Å². The molecule has 4 nitrogen and oxygen atoms in total. The fourth-order valence-corrected chi connectivity index (χ4v) is 4.27. The Morgan fingerprint density at radius 1 is 0.966 bits per heavy atom. The van der Waals surface area contributed by atoms with Gasteiger partial charge in [-0.15, -0.1) is 0 Å². The molecule has 148 valence electrons. The molecule has 0 aliphatic heterocycles. The molecule has 0 aliphatic rings. The quantitative estimate of drug-likeness (QED) is 0.461. The van der Waals surface area contributed by atoms with Crippen molar-refractivity contribution >= 4 is 45.4 Å². The molecule has 0 saturated heterocycles. The molecule has 3 aromatic carbocycles. The zero-order valence-corrected chi connectivity index (χ0v) is 18.4. The van der Waals surface area contributed by atoms with Gasteiger partial charge in [-0.25, -0.2) is 0 Å². The molecule has 4 rings (SSSR count). The van der Waals surface area contributed by atoms with Crippen LogP contribution in [0.2, 0.25) is 10.0 Å². The Hall–Kier alpha value is -2.31. The summed E-state index contributed by atoms with van der Waals surface area (Å²) < 4.78 is 7.09. The lowest BCUT2D eigenvalue weighted by molar-refractivity contribution is -0.642. The highest BCUT2D eigenvalue weighted by Gasteiger charge is 2.26. The monoisotopic (exact) mass is 463 g/mol. The first-order valence-corrected chi connectivity index (χ1v) is 10.1. The number of benzene rings is 3. The standard InChI is InChI=1S/C21H16Cl2N3OS.ClH/c1-27-17-10-8-15(9-11-17)24-21-25-26(16-5-3-2-4-6-16)20(28-21)18-12-7-14(22)13-19(18)23;/h2-13H,1H3,(H,24,25);1H/q+1;/p-1. The molecule has 0 fully saturated rings. The molecule has 0 radical (unpaired) electrons. The molecule has 0 spiro atoms. The van der Waals surface area contributed by atoms with Crippen molar-refractivity contribution in [2.45, 2.75) is 0 Å². The number of nitrogens with zero attached hydrogens (tertiary/aromatic N) is 2. The number of rotatable bonds is 5. The summed E-state index contributed by atoms with van der Waals surface area (Å²) in [4.78, 5) is 0. The number of methoxy groups -OCH3 is 1. The molecule has 0 bridgehead atoms. The van der Waals surface area contributed by atoms with Gasteiger partial charge in [0.05, 0.1) is 17.7 Å². The topological polar surface area (TPSA) is 38.0 Å². The van der Waals surface area contributed by atoms with E-state index in [1.165, 1.54) is 11.3 Å². The lowest BCUT2D eigenvalue weighted by atomic mass is 10.2. The van der Waals surface area contributed by atoms with Crippen molar-refractivity contribution in [2.75, 3.05) is 12.4 Å². The van der Waals surface area contributed by atoms with Crippen LogP contribution in [0.1, 0.15) is 0 Å². The minimum absolute atomic E-state index is 0. The molecule has 0 saturated carbocycles. The minimum Gasteiger partial charge on any atom is -1.00 e. The summed E-state index contributed by atoms with van der Waals surface area (Å²) in [7, 11) is 1.65. The van der Waals surface area contributed by atoms with Gasteiger partial charge in [0.1, 0.15) is 5.75 Å². The van der Waals surface area contributed by atoms with Crippen molar-refractivity contribution in [3.05, 3.63) is 82.8 Å². The van der Waals surface area contributed by atoms with Gasteiger partial charge in [0.15, 0.2) is 0 Å². The van der Waals surface area contributed by atoms with Gasteiger partial charge in [0.2, 0.25) is 5.69 Å². The molecule has 29 heavy (non-hydrogen) atoms. The van der Waals surface area contributed by atoms with E-state index in [0.29, 0.717) is 10.0 Å². The van der Waals surface area contributed by atoms with Crippen LogP contribution in [0.25, 0.3) is 16.3 Å². The number of para-hydroxylation sites is 1. The summed E-state index contributed by atoms with van der Waals surface area (Å²) in [5.41, 5.74) is 2.74. The normalized spacial score (nSPS) is 10.3. The van der Waals surface area contributed by atoms with Gasteiger partial charge in [-0.05, 0) is 58.5 Å². The maximum atomic E-state index is 6.47. The number of nitrogens with one attached hydrogen (secondary N) is 1. The van der Waals surface area contributed by atoms with E-state index in [4.69, 9.17) is 33.0 Å². The fourth-order valence-electron chi connectivity index (χ4n) is 2.72. The van der Waals surface area contributed by atoms with Gasteiger partial charge in [0, 0.05) is 27.9 Å². The molecule has 4 aromatic rings. The predicted molar refractivity (Wildman–Crippen MR) is 115 cm³/mol. The van der Waals surface area contributed by atoms with E-state index < -0.39 is 0 Å². The summed E-state index contributed by atoms with van der Waals surface area (Å²) in [6.07, 6.45) is 0. The Morgan fingerprint density at radius 2 is 1.69 bits per heavy atom. The van der Waals surface area contributed by atoms with Crippen LogP contribution in [0.3, 0.4) is 0 Å². The fraction of sp³-hybridized carbons (Fsp3) is 0.0476. The van der Waals surface area contributed by atoms with E-state index >= 15 is 0 Å². The lowest BCUT2D eigenvalue weighted by Crippen LogP contribution is -3.00. The second kappa shape index (κ2) is 9.46. The second-order valence-corrected chi connectivity index (χ2v) is 7.76. The van der Waals surface area contributed by atoms with E-state index in [9.17, 15) is 0 Å². The smallest absolute Gasteiger partial charge is 0.306 e. The van der Waals surface area contributed by atoms with Crippen molar-refractivity contribution in [1.29, 1.82) is 0 Å². The summed E-state index contributed by atoms with van der Waals surface area (Å²) in [5, 5.41) is 10.9. The first kappa shape index (κ1) is 21.4. The van der Waals surface area contributed by atoms with Crippen LogP contribution < -0.4 is 27.1 Å². The van der Waals surface area contributed by atoms with Gasteiger partial charge in [-0.3, -0.25) is 0 Å². The van der Waals surface area contributed by atoms with Crippen LogP contribution in [0.5, 0.6) is 5.75 Å². The number of anilines is 2. The van der Waals surface area contributed by atoms with Gasteiger partial charge < -0.3 is 22.5 Å². The molecule has 8 heteroatoms. The molecule has 0 unspecified atom stereocenters. The van der Waals surface area contributed by atoms with Crippen LogP contribution in [-0.4, -0.2) is 12.2 Å². The van der Waals surface area contributed by atoms with Gasteiger partial charge >= 0.3 is 5.01 Å². The molecule has 0 aliphatic carbocycles. The maximum absolute atomic E-state index is 6.47. The summed E-state index contributed by atoms with van der Waals surface area (Å²) in [5.74, 6) is 0.803. The average Bonchev–Trinajstić information content (AvgIpc) is 3.12. The minimum atomic E-state index is 0. The molecular weight excluding hydrogens is 449 g/mol. The second-order valence-electron chi connectivity index (χ2n) is 5.94. The van der Waals surface area contributed by atoms with Crippen LogP contribution in [0.15, 0.2) is 72.8 Å². The SMILES string of the molecule is COc1ccc(Nc2n[n+](-c3ccccc3)c(-c3ccc(Cl)cc3Cl)s2)cc1.[Cl-]. The number of hydrogen-bond acceptors (Lipinski definition) is 4. The highest BCUT2D eigenvalue weighted by Crippen LogP contribution is 2.34. The van der Waals surface area contributed by atoms with Crippen molar-refractivity contribution in [2.24, 2.45) is 0 Å². The summed E-state index contributed by atoms with van der Waals surface area (Å²) >= 11 is 14.1. The van der Waals surface area contributed by atoms with E-state index in [-0.39, 0.29) is 12.4 Å². The largest absolute Gasteiger partial charge is 1.00 e.